The topological polar surface area (TPSA) is 32.3 Å². The van der Waals surface area contributed by atoms with Gasteiger partial charge in [0.25, 0.3) is 6.43 Å². The molecule has 2 unspecified atom stereocenters. The fraction of sp³-hybridized carbons (Fsp3) is 0.533. The summed E-state index contributed by atoms with van der Waals surface area (Å²) >= 11 is 0. The summed E-state index contributed by atoms with van der Waals surface area (Å²) in [7, 11) is 0. The molecule has 1 heterocycles. The Bertz CT molecular complexity index is 473. The Balaban J connectivity index is 2.28. The van der Waals surface area contributed by atoms with E-state index in [1.165, 1.54) is 4.90 Å². The third-order valence-corrected chi connectivity index (χ3v) is 3.59. The van der Waals surface area contributed by atoms with Gasteiger partial charge in [-0.2, -0.15) is 0 Å². The van der Waals surface area contributed by atoms with Crippen LogP contribution in [0.5, 0.6) is 0 Å². The molecule has 0 aliphatic carbocycles. The van der Waals surface area contributed by atoms with Crippen molar-refractivity contribution in [3.05, 3.63) is 35.4 Å². The lowest BCUT2D eigenvalue weighted by molar-refractivity contribution is -0.132. The summed E-state index contributed by atoms with van der Waals surface area (Å²) in [4.78, 5) is 13.5. The standard InChI is InChI=1S/C15H20F2N2O/c1-9(2)13-15(20)19(8-12(16)17)14(18-13)11-6-4-10(3)5-7-11/h4-7,9,12-14,18H,8H2,1-3H3. The van der Waals surface area contributed by atoms with E-state index in [1.807, 2.05) is 45.0 Å². The summed E-state index contributed by atoms with van der Waals surface area (Å²) < 4.78 is 25.4. The Morgan fingerprint density at radius 3 is 2.35 bits per heavy atom. The highest BCUT2D eigenvalue weighted by molar-refractivity contribution is 5.84. The molecule has 0 radical (unpaired) electrons. The lowest BCUT2D eigenvalue weighted by atomic mass is 10.1. The van der Waals surface area contributed by atoms with E-state index in [9.17, 15) is 13.6 Å². The second kappa shape index (κ2) is 5.87. The van der Waals surface area contributed by atoms with Crippen LogP contribution < -0.4 is 5.32 Å². The van der Waals surface area contributed by atoms with Crippen LogP contribution in [0.25, 0.3) is 0 Å². The molecule has 5 heteroatoms. The molecule has 110 valence electrons. The lowest BCUT2D eigenvalue weighted by Crippen LogP contribution is -2.36. The molecule has 1 N–H and O–H groups in total. The van der Waals surface area contributed by atoms with Gasteiger partial charge in [0.15, 0.2) is 0 Å². The largest absolute Gasteiger partial charge is 0.316 e. The average Bonchev–Trinajstić information content (AvgIpc) is 2.68. The molecule has 0 aromatic heterocycles. The van der Waals surface area contributed by atoms with Gasteiger partial charge < -0.3 is 4.90 Å². The number of carbonyl (C=O) groups is 1. The van der Waals surface area contributed by atoms with E-state index in [0.29, 0.717) is 0 Å². The van der Waals surface area contributed by atoms with Crippen molar-refractivity contribution in [1.82, 2.24) is 10.2 Å². The molecular weight excluding hydrogens is 262 g/mol. The van der Waals surface area contributed by atoms with Crippen molar-refractivity contribution in [1.29, 1.82) is 0 Å². The molecule has 1 fully saturated rings. The van der Waals surface area contributed by atoms with Crippen LogP contribution in [0.4, 0.5) is 8.78 Å². The van der Waals surface area contributed by atoms with Gasteiger partial charge in [0.1, 0.15) is 6.17 Å². The highest BCUT2D eigenvalue weighted by Gasteiger charge is 2.41. The van der Waals surface area contributed by atoms with Crippen LogP contribution in [0.2, 0.25) is 0 Å². The quantitative estimate of drug-likeness (QED) is 0.921. The first-order chi connectivity index (χ1) is 9.40. The second-order valence-electron chi connectivity index (χ2n) is 5.58. The number of aryl methyl sites for hydroxylation is 1. The third kappa shape index (κ3) is 2.98. The number of nitrogens with one attached hydrogen (secondary N) is 1. The van der Waals surface area contributed by atoms with Crippen molar-refractivity contribution in [3.8, 4) is 0 Å². The number of benzene rings is 1. The minimum Gasteiger partial charge on any atom is -0.316 e. The van der Waals surface area contributed by atoms with Crippen LogP contribution in [-0.4, -0.2) is 29.8 Å². The first kappa shape index (κ1) is 14.9. The second-order valence-corrected chi connectivity index (χ2v) is 5.58. The molecule has 1 amide bonds. The van der Waals surface area contributed by atoms with Gasteiger partial charge in [-0.05, 0) is 18.4 Å². The van der Waals surface area contributed by atoms with Crippen molar-refractivity contribution in [2.24, 2.45) is 5.92 Å². The van der Waals surface area contributed by atoms with Crippen molar-refractivity contribution in [2.45, 2.75) is 39.4 Å². The molecule has 0 saturated carbocycles. The normalized spacial score (nSPS) is 23.1. The first-order valence-electron chi connectivity index (χ1n) is 6.81. The van der Waals surface area contributed by atoms with Crippen molar-refractivity contribution in [2.75, 3.05) is 6.54 Å². The minimum atomic E-state index is -2.53. The molecule has 1 saturated heterocycles. The van der Waals surface area contributed by atoms with E-state index in [2.05, 4.69) is 5.32 Å². The number of hydrogen-bond donors (Lipinski definition) is 1. The van der Waals surface area contributed by atoms with Gasteiger partial charge in [0.05, 0.1) is 12.6 Å². The number of halogens is 2. The van der Waals surface area contributed by atoms with E-state index >= 15 is 0 Å². The zero-order valence-corrected chi connectivity index (χ0v) is 11.9. The van der Waals surface area contributed by atoms with Gasteiger partial charge >= 0.3 is 0 Å². The maximum absolute atomic E-state index is 12.7. The number of alkyl halides is 2. The average molecular weight is 282 g/mol. The fourth-order valence-electron chi connectivity index (χ4n) is 2.48. The summed E-state index contributed by atoms with van der Waals surface area (Å²) in [5.74, 6) is -0.177. The molecule has 2 rings (SSSR count). The third-order valence-electron chi connectivity index (χ3n) is 3.59. The molecule has 20 heavy (non-hydrogen) atoms. The predicted molar refractivity (Wildman–Crippen MR) is 73.4 cm³/mol. The molecule has 1 aromatic carbocycles. The minimum absolute atomic E-state index is 0.0677. The van der Waals surface area contributed by atoms with Gasteiger partial charge in [0, 0.05) is 0 Å². The summed E-state index contributed by atoms with van der Waals surface area (Å²) in [6.45, 7) is 5.25. The SMILES string of the molecule is Cc1ccc(C2NC(C(C)C)C(=O)N2CC(F)F)cc1. The zero-order valence-electron chi connectivity index (χ0n) is 11.9. The highest BCUT2D eigenvalue weighted by Crippen LogP contribution is 2.28. The number of nitrogens with zero attached hydrogens (tertiary/aromatic N) is 1. The van der Waals surface area contributed by atoms with Gasteiger partial charge in [-0.25, -0.2) is 8.78 Å². The Morgan fingerprint density at radius 1 is 1.25 bits per heavy atom. The zero-order chi connectivity index (χ0) is 14.9. The highest BCUT2D eigenvalue weighted by atomic mass is 19.3. The Labute approximate surface area is 118 Å². The van der Waals surface area contributed by atoms with E-state index in [0.717, 1.165) is 11.1 Å². The van der Waals surface area contributed by atoms with E-state index in [4.69, 9.17) is 0 Å². The number of amides is 1. The summed E-state index contributed by atoms with van der Waals surface area (Å²) in [6.07, 6.45) is -3.00. The Hall–Kier alpha value is -1.49. The van der Waals surface area contributed by atoms with Crippen LogP contribution in [0.3, 0.4) is 0 Å². The van der Waals surface area contributed by atoms with Crippen LogP contribution in [0.15, 0.2) is 24.3 Å². The van der Waals surface area contributed by atoms with Crippen LogP contribution in [-0.2, 0) is 4.79 Å². The van der Waals surface area contributed by atoms with Gasteiger partial charge in [-0.3, -0.25) is 10.1 Å². The van der Waals surface area contributed by atoms with E-state index in [-0.39, 0.29) is 11.8 Å². The van der Waals surface area contributed by atoms with Gasteiger partial charge in [0.2, 0.25) is 5.91 Å². The Kier molecular flexibility index (Phi) is 4.38. The molecular formula is C15H20F2N2O. The monoisotopic (exact) mass is 282 g/mol. The summed E-state index contributed by atoms with van der Waals surface area (Å²) in [6, 6.07) is 7.19. The molecule has 1 aliphatic heterocycles. The van der Waals surface area contributed by atoms with Gasteiger partial charge in [-0.15, -0.1) is 0 Å². The number of hydrogen-bond acceptors (Lipinski definition) is 2. The molecule has 2 atom stereocenters. The lowest BCUT2D eigenvalue weighted by Gasteiger charge is -2.24. The summed E-state index contributed by atoms with van der Waals surface area (Å²) in [5.41, 5.74) is 1.94. The van der Waals surface area contributed by atoms with Crippen molar-refractivity contribution in [3.63, 3.8) is 0 Å². The molecule has 1 aliphatic rings. The maximum atomic E-state index is 12.7. The molecule has 0 bridgehead atoms. The van der Waals surface area contributed by atoms with Crippen molar-refractivity contribution < 1.29 is 13.6 Å². The maximum Gasteiger partial charge on any atom is 0.255 e. The van der Waals surface area contributed by atoms with Crippen LogP contribution in [0.1, 0.15) is 31.1 Å². The number of carbonyl (C=O) groups excluding carboxylic acids is 1. The Morgan fingerprint density at radius 2 is 1.85 bits per heavy atom. The molecule has 3 nitrogen and oxygen atoms in total. The van der Waals surface area contributed by atoms with E-state index < -0.39 is 25.2 Å². The smallest absolute Gasteiger partial charge is 0.255 e. The van der Waals surface area contributed by atoms with Gasteiger partial charge in [-0.1, -0.05) is 43.7 Å². The number of rotatable bonds is 4. The molecule has 0 spiro atoms. The summed E-state index contributed by atoms with van der Waals surface area (Å²) in [5, 5.41) is 3.17. The molecule has 1 aromatic rings. The van der Waals surface area contributed by atoms with Crippen LogP contribution in [0, 0.1) is 12.8 Å². The first-order valence-corrected chi connectivity index (χ1v) is 6.81. The van der Waals surface area contributed by atoms with Crippen molar-refractivity contribution >= 4 is 5.91 Å². The fourth-order valence-corrected chi connectivity index (χ4v) is 2.48. The van der Waals surface area contributed by atoms with Crippen LogP contribution >= 0.6 is 0 Å². The predicted octanol–water partition coefficient (Wildman–Crippen LogP) is 2.72. The van der Waals surface area contributed by atoms with E-state index in [1.54, 1.807) is 0 Å².